The van der Waals surface area contributed by atoms with Gasteiger partial charge in [-0.05, 0) is 24.6 Å². The summed E-state index contributed by atoms with van der Waals surface area (Å²) in [6.45, 7) is 1.70. The number of aromatic nitrogens is 2. The average molecular weight is 306 g/mol. The van der Waals surface area contributed by atoms with Crippen LogP contribution in [0, 0.1) is 17.0 Å². The molecule has 0 saturated carbocycles. The highest BCUT2D eigenvalue weighted by Gasteiger charge is 2.24. The number of aliphatic hydroxyl groups excluding tert-OH is 1. The number of rotatable bonds is 6. The van der Waals surface area contributed by atoms with Gasteiger partial charge in [-0.1, -0.05) is 12.1 Å². The Labute approximate surface area is 127 Å². The van der Waals surface area contributed by atoms with Crippen molar-refractivity contribution in [3.8, 4) is 5.75 Å². The highest BCUT2D eigenvalue weighted by molar-refractivity contribution is 5.59. The molecule has 0 amide bonds. The molecule has 1 aromatic carbocycles. The van der Waals surface area contributed by atoms with Crippen LogP contribution in [0.5, 0.6) is 5.75 Å². The van der Waals surface area contributed by atoms with Gasteiger partial charge in [0, 0.05) is 13.6 Å². The SMILES string of the molecule is COc1ccc(C(O)CNc2c([N+](=O)[O-])c(C)nn2C)cc1. The topological polar surface area (TPSA) is 102 Å². The van der Waals surface area contributed by atoms with Crippen LogP contribution in [-0.2, 0) is 7.05 Å². The number of benzene rings is 1. The molecule has 1 atom stereocenters. The lowest BCUT2D eigenvalue weighted by Gasteiger charge is -2.13. The third-order valence-electron chi connectivity index (χ3n) is 3.34. The van der Waals surface area contributed by atoms with Gasteiger partial charge >= 0.3 is 5.69 Å². The molecule has 2 N–H and O–H groups in total. The largest absolute Gasteiger partial charge is 0.497 e. The number of nitro groups is 1. The van der Waals surface area contributed by atoms with Gasteiger partial charge in [-0.3, -0.25) is 10.1 Å². The lowest BCUT2D eigenvalue weighted by Crippen LogP contribution is -2.15. The van der Waals surface area contributed by atoms with Crippen LogP contribution in [-0.4, -0.2) is 33.5 Å². The Balaban J connectivity index is 2.10. The summed E-state index contributed by atoms with van der Waals surface area (Å²) in [4.78, 5) is 10.6. The molecule has 0 bridgehead atoms. The second-order valence-corrected chi connectivity index (χ2v) is 4.83. The molecule has 0 aliphatic heterocycles. The normalized spacial score (nSPS) is 12.0. The third kappa shape index (κ3) is 3.17. The number of hydrogen-bond acceptors (Lipinski definition) is 6. The van der Waals surface area contributed by atoms with Crippen LogP contribution in [0.3, 0.4) is 0 Å². The van der Waals surface area contributed by atoms with E-state index >= 15 is 0 Å². The number of aryl methyl sites for hydroxylation is 2. The van der Waals surface area contributed by atoms with E-state index in [0.717, 1.165) is 0 Å². The summed E-state index contributed by atoms with van der Waals surface area (Å²) in [6, 6.07) is 6.98. The van der Waals surface area contributed by atoms with E-state index in [0.29, 0.717) is 17.0 Å². The summed E-state index contributed by atoms with van der Waals surface area (Å²) in [6.07, 6.45) is -0.805. The summed E-state index contributed by atoms with van der Waals surface area (Å²) in [5, 5.41) is 28.2. The standard InChI is InChI=1S/C14H18N4O4/c1-9-13(18(20)21)14(17(2)16-9)15-8-12(19)10-4-6-11(22-3)7-5-10/h4-7,12,15,19H,8H2,1-3H3. The van der Waals surface area contributed by atoms with Crippen molar-refractivity contribution in [3.05, 3.63) is 45.6 Å². The van der Waals surface area contributed by atoms with Gasteiger partial charge in [0.25, 0.3) is 0 Å². The lowest BCUT2D eigenvalue weighted by molar-refractivity contribution is -0.384. The Morgan fingerprint density at radius 1 is 1.45 bits per heavy atom. The smallest absolute Gasteiger partial charge is 0.333 e. The van der Waals surface area contributed by atoms with E-state index in [1.54, 1.807) is 45.3 Å². The molecule has 0 saturated heterocycles. The molecule has 2 rings (SSSR count). The zero-order valence-corrected chi connectivity index (χ0v) is 12.6. The number of anilines is 1. The molecule has 1 aromatic heterocycles. The molecule has 2 aromatic rings. The van der Waals surface area contributed by atoms with E-state index in [1.807, 2.05) is 0 Å². The summed E-state index contributed by atoms with van der Waals surface area (Å²) in [5.74, 6) is 0.969. The molecule has 8 nitrogen and oxygen atoms in total. The van der Waals surface area contributed by atoms with Crippen LogP contribution in [0.25, 0.3) is 0 Å². The minimum absolute atomic E-state index is 0.0792. The van der Waals surface area contributed by atoms with E-state index in [1.165, 1.54) is 4.68 Å². The van der Waals surface area contributed by atoms with Gasteiger partial charge in [-0.25, -0.2) is 4.68 Å². The molecular weight excluding hydrogens is 288 g/mol. The Hall–Kier alpha value is -2.61. The molecule has 118 valence electrons. The molecular formula is C14H18N4O4. The zero-order chi connectivity index (χ0) is 16.3. The molecule has 0 spiro atoms. The molecule has 0 radical (unpaired) electrons. The zero-order valence-electron chi connectivity index (χ0n) is 12.6. The summed E-state index contributed by atoms with van der Waals surface area (Å²) < 4.78 is 6.45. The monoisotopic (exact) mass is 306 g/mol. The van der Waals surface area contributed by atoms with Crippen molar-refractivity contribution in [1.82, 2.24) is 9.78 Å². The van der Waals surface area contributed by atoms with Crippen molar-refractivity contribution < 1.29 is 14.8 Å². The summed E-state index contributed by atoms with van der Waals surface area (Å²) >= 11 is 0. The Bertz CT molecular complexity index is 666. The first-order valence-corrected chi connectivity index (χ1v) is 6.68. The number of methoxy groups -OCH3 is 1. The van der Waals surface area contributed by atoms with Crippen molar-refractivity contribution in [3.63, 3.8) is 0 Å². The van der Waals surface area contributed by atoms with Gasteiger partial charge < -0.3 is 15.2 Å². The molecule has 1 heterocycles. The first-order chi connectivity index (χ1) is 10.4. The van der Waals surface area contributed by atoms with E-state index in [-0.39, 0.29) is 18.1 Å². The second-order valence-electron chi connectivity index (χ2n) is 4.83. The van der Waals surface area contributed by atoms with Gasteiger partial charge in [0.05, 0.1) is 18.1 Å². The van der Waals surface area contributed by atoms with Gasteiger partial charge in [-0.15, -0.1) is 0 Å². The maximum atomic E-state index is 11.1. The number of hydrogen-bond donors (Lipinski definition) is 2. The number of ether oxygens (including phenoxy) is 1. The summed E-state index contributed by atoms with van der Waals surface area (Å²) in [7, 11) is 3.18. The van der Waals surface area contributed by atoms with Crippen LogP contribution in [0.2, 0.25) is 0 Å². The second kappa shape index (κ2) is 6.44. The molecule has 1 unspecified atom stereocenters. The van der Waals surface area contributed by atoms with E-state index in [9.17, 15) is 15.2 Å². The van der Waals surface area contributed by atoms with E-state index in [4.69, 9.17) is 4.74 Å². The highest BCUT2D eigenvalue weighted by Crippen LogP contribution is 2.28. The number of aliphatic hydroxyl groups is 1. The van der Waals surface area contributed by atoms with Crippen LogP contribution >= 0.6 is 0 Å². The fourth-order valence-corrected chi connectivity index (χ4v) is 2.20. The molecule has 22 heavy (non-hydrogen) atoms. The van der Waals surface area contributed by atoms with Gasteiger partial charge in [0.2, 0.25) is 5.82 Å². The third-order valence-corrected chi connectivity index (χ3v) is 3.34. The Morgan fingerprint density at radius 2 is 2.09 bits per heavy atom. The number of nitrogens with zero attached hydrogens (tertiary/aromatic N) is 3. The van der Waals surface area contributed by atoms with E-state index in [2.05, 4.69) is 10.4 Å². The Morgan fingerprint density at radius 3 is 2.64 bits per heavy atom. The van der Waals surface area contributed by atoms with Crippen molar-refractivity contribution in [1.29, 1.82) is 0 Å². The fraction of sp³-hybridized carbons (Fsp3) is 0.357. The maximum absolute atomic E-state index is 11.1. The quantitative estimate of drug-likeness (QED) is 0.623. The van der Waals surface area contributed by atoms with Gasteiger partial charge in [-0.2, -0.15) is 5.10 Å². The molecule has 8 heteroatoms. The summed E-state index contributed by atoms with van der Waals surface area (Å²) in [5.41, 5.74) is 0.938. The van der Waals surface area contributed by atoms with Crippen molar-refractivity contribution in [2.45, 2.75) is 13.0 Å². The Kier molecular flexibility index (Phi) is 4.62. The molecule has 0 fully saturated rings. The minimum atomic E-state index is -0.805. The molecule has 0 aliphatic carbocycles. The number of nitrogens with one attached hydrogen (secondary N) is 1. The fourth-order valence-electron chi connectivity index (χ4n) is 2.20. The maximum Gasteiger partial charge on any atom is 0.333 e. The van der Waals surface area contributed by atoms with Gasteiger partial charge in [0.15, 0.2) is 0 Å². The van der Waals surface area contributed by atoms with Gasteiger partial charge in [0.1, 0.15) is 11.4 Å². The molecule has 0 aliphatic rings. The van der Waals surface area contributed by atoms with Crippen molar-refractivity contribution in [2.75, 3.05) is 19.0 Å². The van der Waals surface area contributed by atoms with Crippen molar-refractivity contribution in [2.24, 2.45) is 7.05 Å². The van der Waals surface area contributed by atoms with Crippen molar-refractivity contribution >= 4 is 11.5 Å². The first kappa shape index (κ1) is 15.8. The van der Waals surface area contributed by atoms with Crippen LogP contribution in [0.4, 0.5) is 11.5 Å². The first-order valence-electron chi connectivity index (χ1n) is 6.68. The average Bonchev–Trinajstić information content (AvgIpc) is 2.78. The predicted octanol–water partition coefficient (Wildman–Crippen LogP) is 1.79. The highest BCUT2D eigenvalue weighted by atomic mass is 16.6. The van der Waals surface area contributed by atoms with Crippen LogP contribution in [0.15, 0.2) is 24.3 Å². The lowest BCUT2D eigenvalue weighted by atomic mass is 10.1. The van der Waals surface area contributed by atoms with Crippen LogP contribution in [0.1, 0.15) is 17.4 Å². The minimum Gasteiger partial charge on any atom is -0.497 e. The van der Waals surface area contributed by atoms with E-state index < -0.39 is 11.0 Å². The van der Waals surface area contributed by atoms with Crippen LogP contribution < -0.4 is 10.1 Å². The predicted molar refractivity (Wildman–Crippen MR) is 81.0 cm³/mol.